The zero-order valence-corrected chi connectivity index (χ0v) is 11.4. The van der Waals surface area contributed by atoms with Gasteiger partial charge in [-0.2, -0.15) is 4.98 Å². The number of hydrogen-bond donors (Lipinski definition) is 3. The number of nitrogens with zero attached hydrogens (tertiary/aromatic N) is 3. The third kappa shape index (κ3) is 3.06. The first-order chi connectivity index (χ1) is 9.83. The van der Waals surface area contributed by atoms with Crippen LogP contribution in [-0.4, -0.2) is 23.5 Å². The first kappa shape index (κ1) is 14.7. The molecule has 0 unspecified atom stereocenters. The van der Waals surface area contributed by atoms with Crippen molar-refractivity contribution in [1.29, 1.82) is 0 Å². The van der Waals surface area contributed by atoms with Crippen LogP contribution in [-0.2, 0) is 10.0 Å². The molecule has 11 nitrogen and oxygen atoms in total. The van der Waals surface area contributed by atoms with Crippen molar-refractivity contribution in [2.24, 2.45) is 5.84 Å². The van der Waals surface area contributed by atoms with Crippen LogP contribution in [0.15, 0.2) is 27.6 Å². The summed E-state index contributed by atoms with van der Waals surface area (Å²) in [6, 6.07) is 2.75. The van der Waals surface area contributed by atoms with Crippen LogP contribution in [0.1, 0.15) is 5.82 Å². The first-order valence-corrected chi connectivity index (χ1v) is 6.90. The third-order valence-corrected chi connectivity index (χ3v) is 3.75. The number of hydrogen-bond acceptors (Lipinski definition) is 9. The van der Waals surface area contributed by atoms with Gasteiger partial charge in [-0.05, 0) is 13.0 Å². The molecule has 2 aromatic rings. The minimum absolute atomic E-state index is 0.145. The monoisotopic (exact) mass is 314 g/mol. The molecule has 12 heteroatoms. The number of nitrogen functional groups attached to an aromatic ring is 1. The number of nitro benzene ring substituents is 1. The van der Waals surface area contributed by atoms with Gasteiger partial charge in [-0.15, -0.1) is 0 Å². The number of rotatable bonds is 5. The van der Waals surface area contributed by atoms with Gasteiger partial charge in [0.2, 0.25) is 0 Å². The van der Waals surface area contributed by atoms with Gasteiger partial charge in [-0.25, -0.2) is 13.1 Å². The highest BCUT2D eigenvalue weighted by Crippen LogP contribution is 2.27. The van der Waals surface area contributed by atoms with Gasteiger partial charge in [0.15, 0.2) is 5.82 Å². The lowest BCUT2D eigenvalue weighted by atomic mass is 10.3. The molecule has 0 aliphatic heterocycles. The summed E-state index contributed by atoms with van der Waals surface area (Å²) in [6.07, 6.45) is 0. The molecule has 1 aromatic heterocycles. The smallest absolute Gasteiger partial charge is 0.323 e. The van der Waals surface area contributed by atoms with Crippen molar-refractivity contribution in [3.05, 3.63) is 34.1 Å². The van der Waals surface area contributed by atoms with E-state index in [2.05, 4.69) is 20.1 Å². The standard InChI is InChI=1S/C9H10N6O5S/c1-5-11-9(20-13-5)14-21(18,19)8-3-2-6(15(16)17)4-7(8)12-10/h2-4,12H,10H2,1H3,(H,11,13,14). The zero-order valence-electron chi connectivity index (χ0n) is 10.6. The molecule has 0 saturated heterocycles. The van der Waals surface area contributed by atoms with Gasteiger partial charge >= 0.3 is 6.01 Å². The molecule has 1 aromatic carbocycles. The highest BCUT2D eigenvalue weighted by molar-refractivity contribution is 7.92. The average molecular weight is 314 g/mol. The van der Waals surface area contributed by atoms with Crippen molar-refractivity contribution in [3.8, 4) is 0 Å². The number of nitrogens with one attached hydrogen (secondary N) is 2. The molecule has 4 N–H and O–H groups in total. The second kappa shape index (κ2) is 5.34. The second-order valence-electron chi connectivity index (χ2n) is 3.83. The van der Waals surface area contributed by atoms with E-state index in [-0.39, 0.29) is 28.1 Å². The van der Waals surface area contributed by atoms with Crippen molar-refractivity contribution < 1.29 is 17.9 Å². The fourth-order valence-corrected chi connectivity index (χ4v) is 2.56. The van der Waals surface area contributed by atoms with Gasteiger partial charge in [0.25, 0.3) is 15.7 Å². The van der Waals surface area contributed by atoms with E-state index in [1.807, 2.05) is 4.72 Å². The summed E-state index contributed by atoms with van der Waals surface area (Å²) in [4.78, 5) is 13.4. The molecular weight excluding hydrogens is 304 g/mol. The van der Waals surface area contributed by atoms with Gasteiger partial charge < -0.3 is 9.95 Å². The molecule has 0 aliphatic carbocycles. The Morgan fingerprint density at radius 3 is 2.67 bits per heavy atom. The van der Waals surface area contributed by atoms with Gasteiger partial charge in [-0.3, -0.25) is 16.0 Å². The molecule has 0 amide bonds. The molecule has 21 heavy (non-hydrogen) atoms. The van der Waals surface area contributed by atoms with E-state index in [0.29, 0.717) is 0 Å². The maximum Gasteiger partial charge on any atom is 0.335 e. The maximum atomic E-state index is 12.2. The third-order valence-electron chi connectivity index (χ3n) is 2.37. The number of nitrogens with two attached hydrogens (primary N) is 1. The maximum absolute atomic E-state index is 12.2. The number of aryl methyl sites for hydroxylation is 1. The Kier molecular flexibility index (Phi) is 3.73. The average Bonchev–Trinajstić information content (AvgIpc) is 2.82. The second-order valence-corrected chi connectivity index (χ2v) is 5.48. The van der Waals surface area contributed by atoms with E-state index in [4.69, 9.17) is 5.84 Å². The number of aromatic nitrogens is 2. The Labute approximate surface area is 118 Å². The van der Waals surface area contributed by atoms with Crippen molar-refractivity contribution in [2.45, 2.75) is 11.8 Å². The number of sulfonamides is 1. The summed E-state index contributed by atoms with van der Waals surface area (Å²) in [5, 5.41) is 14.1. The van der Waals surface area contributed by atoms with E-state index in [0.717, 1.165) is 18.2 Å². The lowest BCUT2D eigenvalue weighted by molar-refractivity contribution is -0.384. The lowest BCUT2D eigenvalue weighted by Gasteiger charge is -2.09. The van der Waals surface area contributed by atoms with Crippen LogP contribution in [0.2, 0.25) is 0 Å². The molecule has 112 valence electrons. The highest BCUT2D eigenvalue weighted by Gasteiger charge is 2.23. The summed E-state index contributed by atoms with van der Waals surface area (Å²) >= 11 is 0. The normalized spacial score (nSPS) is 11.1. The number of non-ortho nitro benzene ring substituents is 1. The van der Waals surface area contributed by atoms with Gasteiger partial charge in [0.05, 0.1) is 10.6 Å². The van der Waals surface area contributed by atoms with E-state index >= 15 is 0 Å². The molecule has 0 saturated carbocycles. The molecule has 0 atom stereocenters. The first-order valence-electron chi connectivity index (χ1n) is 5.41. The van der Waals surface area contributed by atoms with Crippen LogP contribution in [0.25, 0.3) is 0 Å². The SMILES string of the molecule is Cc1noc(NS(=O)(=O)c2ccc([N+](=O)[O-])cc2NN)n1. The minimum atomic E-state index is -4.10. The Morgan fingerprint density at radius 2 is 2.14 bits per heavy atom. The molecule has 0 aliphatic rings. The Balaban J connectivity index is 2.42. The van der Waals surface area contributed by atoms with Crippen molar-refractivity contribution in [1.82, 2.24) is 10.1 Å². The highest BCUT2D eigenvalue weighted by atomic mass is 32.2. The van der Waals surface area contributed by atoms with E-state index < -0.39 is 14.9 Å². The van der Waals surface area contributed by atoms with Crippen LogP contribution in [0.5, 0.6) is 0 Å². The quantitative estimate of drug-likeness (QED) is 0.401. The predicted molar refractivity (Wildman–Crippen MR) is 70.8 cm³/mol. The fraction of sp³-hybridized carbons (Fsp3) is 0.111. The van der Waals surface area contributed by atoms with Crippen molar-refractivity contribution in [3.63, 3.8) is 0 Å². The molecule has 0 bridgehead atoms. The van der Waals surface area contributed by atoms with E-state index in [9.17, 15) is 18.5 Å². The van der Waals surface area contributed by atoms with Gasteiger partial charge in [-0.1, -0.05) is 5.16 Å². The fourth-order valence-electron chi connectivity index (χ4n) is 1.49. The lowest BCUT2D eigenvalue weighted by Crippen LogP contribution is -2.18. The van der Waals surface area contributed by atoms with Crippen molar-refractivity contribution >= 4 is 27.4 Å². The van der Waals surface area contributed by atoms with Crippen LogP contribution in [0.4, 0.5) is 17.4 Å². The molecule has 2 rings (SSSR count). The number of nitro groups is 1. The number of anilines is 2. The zero-order chi connectivity index (χ0) is 15.6. The van der Waals surface area contributed by atoms with E-state index in [1.54, 1.807) is 0 Å². The number of benzene rings is 1. The van der Waals surface area contributed by atoms with Gasteiger partial charge in [0, 0.05) is 12.1 Å². The largest absolute Gasteiger partial charge is 0.335 e. The topological polar surface area (TPSA) is 166 Å². The Hall–Kier alpha value is -2.73. The molecule has 1 heterocycles. The summed E-state index contributed by atoms with van der Waals surface area (Å²) < 4.78 is 31.0. The van der Waals surface area contributed by atoms with Crippen LogP contribution < -0.4 is 16.0 Å². The Morgan fingerprint density at radius 1 is 1.43 bits per heavy atom. The molecular formula is C9H10N6O5S. The van der Waals surface area contributed by atoms with Crippen LogP contribution >= 0.6 is 0 Å². The molecule has 0 fully saturated rings. The van der Waals surface area contributed by atoms with Crippen LogP contribution in [0.3, 0.4) is 0 Å². The minimum Gasteiger partial charge on any atom is -0.323 e. The Bertz CT molecular complexity index is 786. The summed E-state index contributed by atoms with van der Waals surface area (Å²) in [7, 11) is -4.10. The van der Waals surface area contributed by atoms with Crippen molar-refractivity contribution in [2.75, 3.05) is 10.1 Å². The predicted octanol–water partition coefficient (Wildman–Crippen LogP) is 0.373. The summed E-state index contributed by atoms with van der Waals surface area (Å²) in [6.45, 7) is 1.51. The summed E-state index contributed by atoms with van der Waals surface area (Å²) in [5.74, 6) is 5.44. The van der Waals surface area contributed by atoms with Gasteiger partial charge in [0.1, 0.15) is 4.90 Å². The summed E-state index contributed by atoms with van der Waals surface area (Å²) in [5.41, 5.74) is 1.64. The number of hydrazine groups is 1. The molecule has 0 radical (unpaired) electrons. The van der Waals surface area contributed by atoms with E-state index in [1.165, 1.54) is 6.92 Å². The van der Waals surface area contributed by atoms with Crippen LogP contribution in [0, 0.1) is 17.0 Å². The molecule has 0 spiro atoms.